The molecule has 1 aliphatic rings. The van der Waals surface area contributed by atoms with Crippen molar-refractivity contribution in [3.05, 3.63) is 22.8 Å². The molecule has 2 N–H and O–H groups in total. The number of rotatable bonds is 1. The molecule has 5 nitrogen and oxygen atoms in total. The van der Waals surface area contributed by atoms with Crippen molar-refractivity contribution >= 4 is 21.8 Å². The third-order valence-electron chi connectivity index (χ3n) is 2.71. The lowest BCUT2D eigenvalue weighted by Crippen LogP contribution is -1.97. The maximum atomic E-state index is 5.71. The summed E-state index contributed by atoms with van der Waals surface area (Å²) < 4.78 is 17.0. The Morgan fingerprint density at radius 1 is 1.22 bits per heavy atom. The summed E-state index contributed by atoms with van der Waals surface area (Å²) >= 11 is 3.48. The number of hydrogen-bond donors (Lipinski definition) is 1. The van der Waals surface area contributed by atoms with E-state index in [2.05, 4.69) is 21.1 Å². The van der Waals surface area contributed by atoms with E-state index in [0.717, 1.165) is 27.8 Å². The second-order valence-corrected chi connectivity index (χ2v) is 4.79. The second-order valence-electron chi connectivity index (χ2n) is 3.94. The average molecular weight is 311 g/mol. The smallest absolute Gasteiger partial charge is 0.229 e. The summed E-state index contributed by atoms with van der Waals surface area (Å²) in [5.74, 6) is 1.72. The number of fused-ring (bicyclic) bond motifs is 1. The Kier molecular flexibility index (Phi) is 2.87. The number of hydrogen-bond acceptors (Lipinski definition) is 5. The van der Waals surface area contributed by atoms with Crippen molar-refractivity contribution in [1.82, 2.24) is 5.16 Å². The lowest BCUT2D eigenvalue weighted by atomic mass is 10.1. The average Bonchev–Trinajstić information content (AvgIpc) is 2.63. The van der Waals surface area contributed by atoms with Crippen molar-refractivity contribution in [3.63, 3.8) is 0 Å². The quantitative estimate of drug-likeness (QED) is 0.877. The van der Waals surface area contributed by atoms with Crippen LogP contribution in [0.3, 0.4) is 0 Å². The molecule has 0 atom stereocenters. The minimum Gasteiger partial charge on any atom is -0.489 e. The maximum absolute atomic E-state index is 5.71. The highest BCUT2D eigenvalue weighted by atomic mass is 79.9. The van der Waals surface area contributed by atoms with E-state index in [0.29, 0.717) is 19.0 Å². The van der Waals surface area contributed by atoms with Crippen LogP contribution in [0.25, 0.3) is 11.1 Å². The summed E-state index contributed by atoms with van der Waals surface area (Å²) in [6.45, 7) is 1.29. The van der Waals surface area contributed by atoms with E-state index < -0.39 is 0 Å². The Balaban J connectivity index is 2.11. The van der Waals surface area contributed by atoms with E-state index in [-0.39, 0.29) is 5.88 Å². The van der Waals surface area contributed by atoms with Crippen LogP contribution in [0, 0.1) is 0 Å². The summed E-state index contributed by atoms with van der Waals surface area (Å²) in [6, 6.07) is 3.80. The first-order valence-corrected chi connectivity index (χ1v) is 6.34. The van der Waals surface area contributed by atoms with Crippen molar-refractivity contribution in [1.29, 1.82) is 0 Å². The Bertz CT molecular complexity index is 583. The molecule has 3 rings (SSSR count). The predicted octanol–water partition coefficient (Wildman–Crippen LogP) is 2.85. The molecule has 1 aromatic carbocycles. The molecule has 2 aromatic rings. The van der Waals surface area contributed by atoms with E-state index in [1.54, 1.807) is 6.20 Å². The fourth-order valence-corrected chi connectivity index (χ4v) is 2.41. The van der Waals surface area contributed by atoms with Gasteiger partial charge in [-0.05, 0) is 33.6 Å². The summed E-state index contributed by atoms with van der Waals surface area (Å²) in [4.78, 5) is 0. The number of halogens is 1. The van der Waals surface area contributed by atoms with E-state index in [9.17, 15) is 0 Å². The predicted molar refractivity (Wildman–Crippen MR) is 69.7 cm³/mol. The molecule has 0 unspecified atom stereocenters. The molecular weight excluding hydrogens is 300 g/mol. The summed E-state index contributed by atoms with van der Waals surface area (Å²) in [7, 11) is 0. The summed E-state index contributed by atoms with van der Waals surface area (Å²) in [5.41, 5.74) is 7.33. The number of benzene rings is 1. The van der Waals surface area contributed by atoms with E-state index in [1.807, 2.05) is 12.1 Å². The molecule has 94 valence electrons. The van der Waals surface area contributed by atoms with Gasteiger partial charge in [0.05, 0.1) is 29.4 Å². The summed E-state index contributed by atoms with van der Waals surface area (Å²) in [6.07, 6.45) is 2.45. The molecule has 1 aliphatic heterocycles. The number of aromatic nitrogens is 1. The summed E-state index contributed by atoms with van der Waals surface area (Å²) in [5, 5.41) is 3.67. The van der Waals surface area contributed by atoms with Gasteiger partial charge in [-0.3, -0.25) is 0 Å². The van der Waals surface area contributed by atoms with Crippen molar-refractivity contribution in [2.75, 3.05) is 18.9 Å². The first-order valence-electron chi connectivity index (χ1n) is 5.55. The van der Waals surface area contributed by atoms with Crippen molar-refractivity contribution in [2.45, 2.75) is 6.42 Å². The van der Waals surface area contributed by atoms with E-state index >= 15 is 0 Å². The SMILES string of the molecule is Nc1oncc1-c1cc(Br)c2c(c1)OCCCO2. The van der Waals surface area contributed by atoms with Crippen LogP contribution in [0.15, 0.2) is 27.3 Å². The van der Waals surface area contributed by atoms with Crippen LogP contribution in [0.4, 0.5) is 5.88 Å². The molecule has 1 aromatic heterocycles. The Labute approximate surface area is 112 Å². The Hall–Kier alpha value is -1.69. The first-order chi connectivity index (χ1) is 8.75. The highest BCUT2D eigenvalue weighted by Gasteiger charge is 2.17. The van der Waals surface area contributed by atoms with Crippen LogP contribution in [0.2, 0.25) is 0 Å². The number of nitrogens with zero attached hydrogens (tertiary/aromatic N) is 1. The van der Waals surface area contributed by atoms with Crippen molar-refractivity contribution in [3.8, 4) is 22.6 Å². The fourth-order valence-electron chi connectivity index (χ4n) is 1.85. The number of ether oxygens (including phenoxy) is 2. The van der Waals surface area contributed by atoms with Gasteiger partial charge in [0.15, 0.2) is 11.5 Å². The Morgan fingerprint density at radius 2 is 2.06 bits per heavy atom. The maximum Gasteiger partial charge on any atom is 0.229 e. The largest absolute Gasteiger partial charge is 0.489 e. The molecule has 0 radical (unpaired) electrons. The number of anilines is 1. The second kappa shape index (κ2) is 4.53. The van der Waals surface area contributed by atoms with E-state index in [4.69, 9.17) is 19.7 Å². The first kappa shape index (κ1) is 11.4. The van der Waals surface area contributed by atoms with Crippen molar-refractivity contribution in [2.24, 2.45) is 0 Å². The van der Waals surface area contributed by atoms with Gasteiger partial charge in [0.1, 0.15) is 0 Å². The van der Waals surface area contributed by atoms with Gasteiger partial charge in [0, 0.05) is 6.42 Å². The molecule has 0 amide bonds. The minimum atomic E-state index is 0.288. The zero-order valence-corrected chi connectivity index (χ0v) is 11.1. The monoisotopic (exact) mass is 310 g/mol. The normalized spacial score (nSPS) is 14.3. The van der Waals surface area contributed by atoms with Crippen LogP contribution >= 0.6 is 15.9 Å². The minimum absolute atomic E-state index is 0.288. The number of nitrogen functional groups attached to an aromatic ring is 1. The van der Waals surface area contributed by atoms with Gasteiger partial charge in [-0.25, -0.2) is 0 Å². The molecule has 0 spiro atoms. The highest BCUT2D eigenvalue weighted by molar-refractivity contribution is 9.10. The molecule has 0 aliphatic carbocycles. The third kappa shape index (κ3) is 1.92. The van der Waals surface area contributed by atoms with Gasteiger partial charge in [0.25, 0.3) is 0 Å². The standard InChI is InChI=1S/C12H11BrN2O3/c13-9-4-7(8-6-15-18-12(8)14)5-10-11(9)17-3-1-2-16-10/h4-6H,1-3,14H2. The third-order valence-corrected chi connectivity index (χ3v) is 3.30. The van der Waals surface area contributed by atoms with Gasteiger partial charge in [-0.15, -0.1) is 0 Å². The van der Waals surface area contributed by atoms with Crippen LogP contribution in [0.1, 0.15) is 6.42 Å². The van der Waals surface area contributed by atoms with Gasteiger partial charge in [-0.2, -0.15) is 0 Å². The van der Waals surface area contributed by atoms with Crippen LogP contribution in [-0.2, 0) is 0 Å². The fraction of sp³-hybridized carbons (Fsp3) is 0.250. The lowest BCUT2D eigenvalue weighted by Gasteiger charge is -2.11. The number of nitrogens with two attached hydrogens (primary N) is 1. The van der Waals surface area contributed by atoms with Crippen LogP contribution < -0.4 is 15.2 Å². The molecule has 0 fully saturated rings. The van der Waals surface area contributed by atoms with Gasteiger partial charge in [0.2, 0.25) is 5.88 Å². The van der Waals surface area contributed by atoms with Crippen LogP contribution in [-0.4, -0.2) is 18.4 Å². The van der Waals surface area contributed by atoms with Gasteiger partial charge in [-0.1, -0.05) is 5.16 Å². The highest BCUT2D eigenvalue weighted by Crippen LogP contribution is 2.41. The topological polar surface area (TPSA) is 70.5 Å². The van der Waals surface area contributed by atoms with Crippen LogP contribution in [0.5, 0.6) is 11.5 Å². The molecule has 0 saturated carbocycles. The van der Waals surface area contributed by atoms with E-state index in [1.165, 1.54) is 0 Å². The molecule has 2 heterocycles. The van der Waals surface area contributed by atoms with Gasteiger partial charge >= 0.3 is 0 Å². The molecule has 18 heavy (non-hydrogen) atoms. The molecule has 0 saturated heterocycles. The zero-order chi connectivity index (χ0) is 12.5. The molecule has 0 bridgehead atoms. The molecule has 6 heteroatoms. The Morgan fingerprint density at radius 3 is 2.83 bits per heavy atom. The van der Waals surface area contributed by atoms with Gasteiger partial charge < -0.3 is 19.7 Å². The lowest BCUT2D eigenvalue weighted by molar-refractivity contribution is 0.296. The zero-order valence-electron chi connectivity index (χ0n) is 9.48. The van der Waals surface area contributed by atoms with Crippen molar-refractivity contribution < 1.29 is 14.0 Å². The molecular formula is C12H11BrN2O3.